The molecule has 0 aromatic carbocycles. The summed E-state index contributed by atoms with van der Waals surface area (Å²) in [6.45, 7) is 1.55. The number of nitrogens with zero attached hydrogens (tertiary/aromatic N) is 5. The topological polar surface area (TPSA) is 86.6 Å². The molecule has 1 heterocycles. The number of azide groups is 1. The summed E-state index contributed by atoms with van der Waals surface area (Å²) in [4.78, 5) is 10.9. The minimum Gasteiger partial charge on any atom is -0.354 e. The van der Waals surface area contributed by atoms with E-state index in [9.17, 15) is 0 Å². The minimum atomic E-state index is 0.628. The van der Waals surface area contributed by atoms with Gasteiger partial charge in [-0.05, 0) is 24.4 Å². The van der Waals surface area contributed by atoms with E-state index < -0.39 is 0 Å². The van der Waals surface area contributed by atoms with E-state index in [2.05, 4.69) is 25.3 Å². The van der Waals surface area contributed by atoms with E-state index in [1.165, 1.54) is 19.3 Å². The zero-order valence-corrected chi connectivity index (χ0v) is 10.6. The van der Waals surface area contributed by atoms with Gasteiger partial charge in [0.2, 0.25) is 5.95 Å². The predicted molar refractivity (Wildman–Crippen MR) is 72.2 cm³/mol. The van der Waals surface area contributed by atoms with Crippen LogP contribution in [0.5, 0.6) is 0 Å². The lowest BCUT2D eigenvalue weighted by molar-refractivity contribution is 0.604. The van der Waals surface area contributed by atoms with Crippen molar-refractivity contribution in [3.05, 3.63) is 28.9 Å². The Hall–Kier alpha value is -1.81. The molecule has 0 aliphatic rings. The molecule has 0 bridgehead atoms. The van der Waals surface area contributed by atoms with E-state index in [4.69, 9.17) is 5.53 Å². The number of unbranched alkanes of at least 4 members (excludes halogenated alkanes) is 5. The third-order valence-corrected chi connectivity index (χ3v) is 2.60. The number of hydrogen-bond donors (Lipinski definition) is 1. The van der Waals surface area contributed by atoms with Crippen LogP contribution in [-0.2, 0) is 0 Å². The zero-order chi connectivity index (χ0) is 12.9. The smallest absolute Gasteiger partial charge is 0.222 e. The average Bonchev–Trinajstić information content (AvgIpc) is 2.42. The molecule has 0 amide bonds. The first-order chi connectivity index (χ1) is 8.93. The summed E-state index contributed by atoms with van der Waals surface area (Å²) >= 11 is 0. The van der Waals surface area contributed by atoms with Crippen LogP contribution in [0.1, 0.15) is 38.5 Å². The fraction of sp³-hybridized carbons (Fsp3) is 0.667. The zero-order valence-electron chi connectivity index (χ0n) is 10.6. The van der Waals surface area contributed by atoms with Crippen LogP contribution in [0.25, 0.3) is 10.4 Å². The second-order valence-electron chi connectivity index (χ2n) is 4.07. The van der Waals surface area contributed by atoms with Crippen molar-refractivity contribution >= 4 is 5.95 Å². The van der Waals surface area contributed by atoms with Gasteiger partial charge in [-0.2, -0.15) is 0 Å². The van der Waals surface area contributed by atoms with Gasteiger partial charge in [0, 0.05) is 30.4 Å². The van der Waals surface area contributed by atoms with Gasteiger partial charge < -0.3 is 5.32 Å². The molecule has 0 atom stereocenters. The standard InChI is InChI=1S/C12H20N6/c13-18-17-11-6-4-2-1-3-5-8-14-12-15-9-7-10-16-12/h7,9-10H,1-6,8,11H2,(H,14,15,16). The monoisotopic (exact) mass is 248 g/mol. The second-order valence-corrected chi connectivity index (χ2v) is 4.07. The number of anilines is 1. The van der Waals surface area contributed by atoms with Crippen molar-refractivity contribution in [3.8, 4) is 0 Å². The second kappa shape index (κ2) is 10.4. The maximum Gasteiger partial charge on any atom is 0.222 e. The summed E-state index contributed by atoms with van der Waals surface area (Å²) in [5.74, 6) is 0.701. The highest BCUT2D eigenvalue weighted by molar-refractivity contribution is 5.21. The quantitative estimate of drug-likeness (QED) is 0.297. The Labute approximate surface area is 107 Å². The van der Waals surface area contributed by atoms with Crippen LogP contribution in [0.3, 0.4) is 0 Å². The average molecular weight is 248 g/mol. The molecule has 98 valence electrons. The van der Waals surface area contributed by atoms with Crippen molar-refractivity contribution in [1.82, 2.24) is 9.97 Å². The van der Waals surface area contributed by atoms with Gasteiger partial charge in [0.15, 0.2) is 0 Å². The Bertz CT molecular complexity index is 347. The Kier molecular flexibility index (Phi) is 8.20. The highest BCUT2D eigenvalue weighted by atomic mass is 15.1. The van der Waals surface area contributed by atoms with Crippen LogP contribution in [0.2, 0.25) is 0 Å². The summed E-state index contributed by atoms with van der Waals surface area (Å²) < 4.78 is 0. The van der Waals surface area contributed by atoms with Gasteiger partial charge >= 0.3 is 0 Å². The van der Waals surface area contributed by atoms with Crippen molar-refractivity contribution in [3.63, 3.8) is 0 Å². The van der Waals surface area contributed by atoms with E-state index in [0.29, 0.717) is 12.5 Å². The molecule has 1 N–H and O–H groups in total. The molecule has 0 saturated heterocycles. The first-order valence-electron chi connectivity index (χ1n) is 6.45. The van der Waals surface area contributed by atoms with Crippen LogP contribution < -0.4 is 5.32 Å². The molecule has 0 fully saturated rings. The Morgan fingerprint density at radius 1 is 1.06 bits per heavy atom. The molecule has 0 saturated carbocycles. The third-order valence-electron chi connectivity index (χ3n) is 2.60. The van der Waals surface area contributed by atoms with Gasteiger partial charge in [-0.15, -0.1) is 0 Å². The Morgan fingerprint density at radius 2 is 1.72 bits per heavy atom. The molecular formula is C12H20N6. The molecule has 0 radical (unpaired) electrons. The molecule has 0 aliphatic heterocycles. The molecule has 1 aromatic rings. The van der Waals surface area contributed by atoms with Gasteiger partial charge in [-0.25, -0.2) is 9.97 Å². The normalized spacial score (nSPS) is 9.78. The fourth-order valence-corrected chi connectivity index (χ4v) is 1.65. The van der Waals surface area contributed by atoms with E-state index >= 15 is 0 Å². The summed E-state index contributed by atoms with van der Waals surface area (Å²) in [6.07, 6.45) is 10.4. The van der Waals surface area contributed by atoms with Gasteiger partial charge in [0.1, 0.15) is 0 Å². The van der Waals surface area contributed by atoms with Crippen LogP contribution in [0, 0.1) is 0 Å². The summed E-state index contributed by atoms with van der Waals surface area (Å²) in [5, 5.41) is 6.70. The largest absolute Gasteiger partial charge is 0.354 e. The maximum absolute atomic E-state index is 8.10. The Morgan fingerprint density at radius 3 is 2.44 bits per heavy atom. The van der Waals surface area contributed by atoms with Crippen LogP contribution in [0.15, 0.2) is 23.6 Å². The molecule has 18 heavy (non-hydrogen) atoms. The van der Waals surface area contributed by atoms with E-state index in [1.54, 1.807) is 12.4 Å². The molecule has 0 spiro atoms. The molecule has 6 heteroatoms. The van der Waals surface area contributed by atoms with E-state index in [-0.39, 0.29) is 0 Å². The number of hydrogen-bond acceptors (Lipinski definition) is 4. The number of nitrogens with one attached hydrogen (secondary N) is 1. The summed E-state index contributed by atoms with van der Waals surface area (Å²) in [7, 11) is 0. The fourth-order valence-electron chi connectivity index (χ4n) is 1.65. The van der Waals surface area contributed by atoms with Crippen molar-refractivity contribution in [2.24, 2.45) is 5.11 Å². The minimum absolute atomic E-state index is 0.628. The molecule has 1 rings (SSSR count). The van der Waals surface area contributed by atoms with Crippen LogP contribution in [-0.4, -0.2) is 23.1 Å². The van der Waals surface area contributed by atoms with Crippen molar-refractivity contribution in [2.75, 3.05) is 18.4 Å². The van der Waals surface area contributed by atoms with Gasteiger partial charge in [-0.3, -0.25) is 0 Å². The van der Waals surface area contributed by atoms with E-state index in [1.807, 2.05) is 6.07 Å². The number of aromatic nitrogens is 2. The SMILES string of the molecule is [N-]=[N+]=NCCCCCCCCNc1ncccn1. The molecular weight excluding hydrogens is 228 g/mol. The summed E-state index contributed by atoms with van der Waals surface area (Å²) in [5.41, 5.74) is 8.10. The molecule has 1 aromatic heterocycles. The number of rotatable bonds is 10. The first kappa shape index (κ1) is 14.3. The van der Waals surface area contributed by atoms with Crippen molar-refractivity contribution in [2.45, 2.75) is 38.5 Å². The van der Waals surface area contributed by atoms with Crippen molar-refractivity contribution < 1.29 is 0 Å². The highest BCUT2D eigenvalue weighted by Crippen LogP contribution is 2.06. The lowest BCUT2D eigenvalue weighted by Crippen LogP contribution is -2.04. The van der Waals surface area contributed by atoms with Crippen molar-refractivity contribution in [1.29, 1.82) is 0 Å². The van der Waals surface area contributed by atoms with Crippen LogP contribution >= 0.6 is 0 Å². The van der Waals surface area contributed by atoms with Crippen LogP contribution in [0.4, 0.5) is 5.95 Å². The lowest BCUT2D eigenvalue weighted by Gasteiger charge is -2.03. The van der Waals surface area contributed by atoms with Gasteiger partial charge in [0.05, 0.1) is 0 Å². The third kappa shape index (κ3) is 7.46. The van der Waals surface area contributed by atoms with Gasteiger partial charge in [-0.1, -0.05) is 30.8 Å². The molecule has 0 aliphatic carbocycles. The van der Waals surface area contributed by atoms with E-state index in [0.717, 1.165) is 25.8 Å². The predicted octanol–water partition coefficient (Wildman–Crippen LogP) is 3.54. The maximum atomic E-state index is 8.10. The lowest BCUT2D eigenvalue weighted by atomic mass is 10.1. The molecule has 0 unspecified atom stereocenters. The summed E-state index contributed by atoms with van der Waals surface area (Å²) in [6, 6.07) is 1.81. The Balaban J connectivity index is 1.86. The van der Waals surface area contributed by atoms with Gasteiger partial charge in [0.25, 0.3) is 0 Å². The first-order valence-corrected chi connectivity index (χ1v) is 6.45. The highest BCUT2D eigenvalue weighted by Gasteiger charge is 1.93. The molecule has 6 nitrogen and oxygen atoms in total.